The Hall–Kier alpha value is -2.00. The molecule has 1 aromatic heterocycles. The smallest absolute Gasteiger partial charge is 0.361 e. The lowest BCUT2D eigenvalue weighted by atomic mass is 10.5. The van der Waals surface area contributed by atoms with Gasteiger partial charge < -0.3 is 20.3 Å². The minimum absolute atomic E-state index is 0.193. The van der Waals surface area contributed by atoms with Gasteiger partial charge in [-0.05, 0) is 0 Å². The van der Waals surface area contributed by atoms with Crippen molar-refractivity contribution >= 4 is 11.8 Å². The molecular formula is C8H8FN3O5. The molecule has 92 valence electrons. The minimum atomic E-state index is -1.48. The van der Waals surface area contributed by atoms with Gasteiger partial charge in [-0.3, -0.25) is 4.57 Å². The molecule has 9 heteroatoms. The summed E-state index contributed by atoms with van der Waals surface area (Å²) in [5, 5.41) is 8.60. The highest BCUT2D eigenvalue weighted by Gasteiger charge is 2.33. The summed E-state index contributed by atoms with van der Waals surface area (Å²) in [6.45, 7) is -0.193. The second-order valence-electron chi connectivity index (χ2n) is 3.26. The zero-order valence-electron chi connectivity index (χ0n) is 8.37. The van der Waals surface area contributed by atoms with Crippen molar-refractivity contribution < 1.29 is 23.8 Å². The van der Waals surface area contributed by atoms with Crippen molar-refractivity contribution in [3.05, 3.63) is 22.5 Å². The lowest BCUT2D eigenvalue weighted by molar-refractivity contribution is -0.169. The summed E-state index contributed by atoms with van der Waals surface area (Å²) in [4.78, 5) is 25.1. The number of nitrogens with zero attached hydrogens (tertiary/aromatic N) is 2. The van der Waals surface area contributed by atoms with E-state index in [9.17, 15) is 14.0 Å². The van der Waals surface area contributed by atoms with Gasteiger partial charge in [0.2, 0.25) is 0 Å². The van der Waals surface area contributed by atoms with Gasteiger partial charge >= 0.3 is 11.7 Å². The topological polar surface area (TPSA) is 117 Å². The van der Waals surface area contributed by atoms with Crippen LogP contribution in [0.3, 0.4) is 0 Å². The summed E-state index contributed by atoms with van der Waals surface area (Å²) in [6.07, 6.45) is -1.72. The molecule has 0 saturated carbocycles. The summed E-state index contributed by atoms with van der Waals surface area (Å²) < 4.78 is 23.5. The maximum atomic E-state index is 13.1. The Morgan fingerprint density at radius 2 is 2.41 bits per heavy atom. The summed E-state index contributed by atoms with van der Waals surface area (Å²) in [5.41, 5.74) is 4.25. The Bertz CT molecular complexity index is 516. The van der Waals surface area contributed by atoms with E-state index in [1.807, 2.05) is 0 Å². The molecule has 1 aromatic rings. The van der Waals surface area contributed by atoms with Crippen LogP contribution in [0.5, 0.6) is 0 Å². The molecule has 1 aliphatic heterocycles. The van der Waals surface area contributed by atoms with Gasteiger partial charge in [-0.15, -0.1) is 0 Å². The first-order valence-electron chi connectivity index (χ1n) is 4.53. The number of nitrogens with two attached hydrogens (primary N) is 1. The maximum absolute atomic E-state index is 13.1. The number of carboxylic acids is 1. The first-order chi connectivity index (χ1) is 7.99. The fourth-order valence-electron chi connectivity index (χ4n) is 1.33. The maximum Gasteiger partial charge on any atom is 0.361 e. The molecule has 8 nitrogen and oxygen atoms in total. The number of anilines is 1. The van der Waals surface area contributed by atoms with Crippen molar-refractivity contribution in [3.8, 4) is 0 Å². The Balaban J connectivity index is 2.28. The highest BCUT2D eigenvalue weighted by Crippen LogP contribution is 2.20. The Morgan fingerprint density at radius 1 is 1.71 bits per heavy atom. The van der Waals surface area contributed by atoms with Crippen molar-refractivity contribution in [1.82, 2.24) is 9.55 Å². The second-order valence-corrected chi connectivity index (χ2v) is 3.26. The number of aromatic nitrogens is 2. The predicted molar refractivity (Wildman–Crippen MR) is 50.4 cm³/mol. The van der Waals surface area contributed by atoms with E-state index in [4.69, 9.17) is 20.3 Å². The number of hydrogen-bond acceptors (Lipinski definition) is 6. The lowest BCUT2D eigenvalue weighted by Crippen LogP contribution is -2.30. The van der Waals surface area contributed by atoms with E-state index in [-0.39, 0.29) is 6.61 Å². The van der Waals surface area contributed by atoms with Crippen LogP contribution < -0.4 is 11.4 Å². The van der Waals surface area contributed by atoms with Crippen LogP contribution in [0.4, 0.5) is 10.2 Å². The highest BCUT2D eigenvalue weighted by molar-refractivity contribution is 5.70. The van der Waals surface area contributed by atoms with E-state index in [0.717, 1.165) is 10.8 Å². The standard InChI is InChI=1S/C8H8FN3O5/c9-3-1-12(8(15)11-5(3)10)4-2-16-7(17-4)6(13)14/h1,4,7H,2H2,(H,13,14)(H2,10,11,15)/t4-,7-/m0/s1. The molecule has 0 bridgehead atoms. The number of aliphatic carboxylic acids is 1. The van der Waals surface area contributed by atoms with Crippen LogP contribution in [-0.2, 0) is 14.3 Å². The molecule has 17 heavy (non-hydrogen) atoms. The molecule has 0 unspecified atom stereocenters. The van der Waals surface area contributed by atoms with Crippen molar-refractivity contribution in [2.75, 3.05) is 12.3 Å². The normalized spacial score (nSPS) is 23.8. The number of nitrogen functional groups attached to an aromatic ring is 1. The first kappa shape index (κ1) is 11.5. The van der Waals surface area contributed by atoms with Gasteiger partial charge in [0.1, 0.15) is 0 Å². The van der Waals surface area contributed by atoms with Crippen LogP contribution in [0.1, 0.15) is 6.23 Å². The summed E-state index contributed by atoms with van der Waals surface area (Å²) in [5.74, 6) is -2.75. The van der Waals surface area contributed by atoms with E-state index in [1.165, 1.54) is 0 Å². The third-order valence-corrected chi connectivity index (χ3v) is 2.12. The van der Waals surface area contributed by atoms with Gasteiger partial charge in [-0.2, -0.15) is 4.98 Å². The summed E-state index contributed by atoms with van der Waals surface area (Å²) in [7, 11) is 0. The van der Waals surface area contributed by atoms with Gasteiger partial charge in [-0.25, -0.2) is 14.0 Å². The molecule has 1 fully saturated rings. The van der Waals surface area contributed by atoms with Crippen LogP contribution in [0.2, 0.25) is 0 Å². The van der Waals surface area contributed by atoms with Crippen molar-refractivity contribution in [3.63, 3.8) is 0 Å². The van der Waals surface area contributed by atoms with E-state index >= 15 is 0 Å². The molecule has 2 heterocycles. The summed E-state index contributed by atoms with van der Waals surface area (Å²) in [6, 6.07) is 0. The Kier molecular flexibility index (Phi) is 2.77. The minimum Gasteiger partial charge on any atom is -0.477 e. The first-order valence-corrected chi connectivity index (χ1v) is 4.53. The third kappa shape index (κ3) is 2.10. The largest absolute Gasteiger partial charge is 0.477 e. The van der Waals surface area contributed by atoms with Crippen molar-refractivity contribution in [2.45, 2.75) is 12.5 Å². The third-order valence-electron chi connectivity index (χ3n) is 2.12. The van der Waals surface area contributed by atoms with E-state index < -0.39 is 35.8 Å². The zero-order chi connectivity index (χ0) is 12.6. The van der Waals surface area contributed by atoms with Crippen LogP contribution in [-0.4, -0.2) is 33.5 Å². The van der Waals surface area contributed by atoms with E-state index in [1.54, 1.807) is 0 Å². The number of ether oxygens (including phenoxy) is 2. The lowest BCUT2D eigenvalue weighted by Gasteiger charge is -2.11. The number of carboxylic acid groups (broad SMARTS) is 1. The molecule has 0 spiro atoms. The van der Waals surface area contributed by atoms with Crippen LogP contribution in [0.25, 0.3) is 0 Å². The molecule has 0 radical (unpaired) electrons. The molecular weight excluding hydrogens is 237 g/mol. The molecule has 3 N–H and O–H groups in total. The molecule has 1 saturated heterocycles. The number of hydrogen-bond donors (Lipinski definition) is 2. The van der Waals surface area contributed by atoms with Crippen molar-refractivity contribution in [1.29, 1.82) is 0 Å². The molecule has 0 aliphatic carbocycles. The average Bonchev–Trinajstić information content (AvgIpc) is 2.72. The second kappa shape index (κ2) is 4.11. The van der Waals surface area contributed by atoms with Gasteiger partial charge in [0.05, 0.1) is 12.8 Å². The van der Waals surface area contributed by atoms with Gasteiger partial charge in [0, 0.05) is 0 Å². The highest BCUT2D eigenvalue weighted by atomic mass is 19.1. The Labute approximate surface area is 93.4 Å². The average molecular weight is 245 g/mol. The number of rotatable bonds is 2. The van der Waals surface area contributed by atoms with Gasteiger partial charge in [-0.1, -0.05) is 0 Å². The van der Waals surface area contributed by atoms with E-state index in [2.05, 4.69) is 4.98 Å². The molecule has 2 atom stereocenters. The van der Waals surface area contributed by atoms with E-state index in [0.29, 0.717) is 0 Å². The fourth-order valence-corrected chi connectivity index (χ4v) is 1.33. The predicted octanol–water partition coefficient (Wildman–Crippen LogP) is -1.08. The molecule has 2 rings (SSSR count). The SMILES string of the molecule is Nc1nc(=O)n([C@@H]2CO[C@H](C(=O)O)O2)cc1F. The summed E-state index contributed by atoms with van der Waals surface area (Å²) >= 11 is 0. The van der Waals surface area contributed by atoms with Crippen LogP contribution >= 0.6 is 0 Å². The quantitative estimate of drug-likeness (QED) is 0.680. The Morgan fingerprint density at radius 3 is 3.00 bits per heavy atom. The zero-order valence-corrected chi connectivity index (χ0v) is 8.37. The van der Waals surface area contributed by atoms with Gasteiger partial charge in [0.25, 0.3) is 6.29 Å². The van der Waals surface area contributed by atoms with Crippen LogP contribution in [0.15, 0.2) is 11.0 Å². The monoisotopic (exact) mass is 245 g/mol. The van der Waals surface area contributed by atoms with Gasteiger partial charge in [0.15, 0.2) is 17.9 Å². The van der Waals surface area contributed by atoms with Crippen LogP contribution in [0, 0.1) is 5.82 Å². The molecule has 0 amide bonds. The number of halogens is 1. The van der Waals surface area contributed by atoms with Crippen molar-refractivity contribution in [2.24, 2.45) is 0 Å². The number of carbonyl (C=O) groups is 1. The fraction of sp³-hybridized carbons (Fsp3) is 0.375. The molecule has 0 aromatic carbocycles. The molecule has 1 aliphatic rings.